The summed E-state index contributed by atoms with van der Waals surface area (Å²) in [5.41, 5.74) is 1.88. The van der Waals surface area contributed by atoms with Crippen LogP contribution in [0.5, 0.6) is 0 Å². The van der Waals surface area contributed by atoms with Crippen LogP contribution in [0.3, 0.4) is 0 Å². The molecule has 0 atom stereocenters. The zero-order chi connectivity index (χ0) is 18.6. The summed E-state index contributed by atoms with van der Waals surface area (Å²) in [7, 11) is 0. The van der Waals surface area contributed by atoms with E-state index in [0.717, 1.165) is 63.1 Å². The molecule has 1 heterocycles. The second-order valence-corrected chi connectivity index (χ2v) is 8.30. The number of hydrogen-bond donors (Lipinski definition) is 1. The molecule has 1 aliphatic heterocycles. The van der Waals surface area contributed by atoms with E-state index in [1.165, 1.54) is 25.7 Å². The van der Waals surface area contributed by atoms with E-state index in [4.69, 9.17) is 0 Å². The highest BCUT2D eigenvalue weighted by atomic mass is 16.2. The molecule has 2 aliphatic carbocycles. The number of rotatable bonds is 4. The van der Waals surface area contributed by atoms with Crippen molar-refractivity contribution in [2.24, 2.45) is 5.92 Å². The van der Waals surface area contributed by atoms with Crippen molar-refractivity contribution >= 4 is 17.5 Å². The van der Waals surface area contributed by atoms with E-state index in [-0.39, 0.29) is 5.91 Å². The molecule has 3 aliphatic rings. The van der Waals surface area contributed by atoms with Gasteiger partial charge in [0.1, 0.15) is 0 Å². The summed E-state index contributed by atoms with van der Waals surface area (Å²) in [4.78, 5) is 29.0. The summed E-state index contributed by atoms with van der Waals surface area (Å²) in [6.07, 6.45) is 9.38. The third-order valence-electron chi connectivity index (χ3n) is 6.20. The normalized spacial score (nSPS) is 21.6. The van der Waals surface area contributed by atoms with Gasteiger partial charge >= 0.3 is 0 Å². The van der Waals surface area contributed by atoms with Gasteiger partial charge in [0.05, 0.1) is 0 Å². The van der Waals surface area contributed by atoms with Crippen LogP contribution in [0.15, 0.2) is 24.3 Å². The molecular weight excluding hydrogens is 338 g/mol. The highest BCUT2D eigenvalue weighted by Crippen LogP contribution is 2.31. The maximum Gasteiger partial charge on any atom is 0.251 e. The zero-order valence-corrected chi connectivity index (χ0v) is 16.2. The SMILES string of the molecule is O=C(NC1CCCCCC1)c1ccc(N2CCN(C(=O)C3CC3)CC2)cc1. The van der Waals surface area contributed by atoms with Crippen LogP contribution in [-0.2, 0) is 4.79 Å². The van der Waals surface area contributed by atoms with Crippen LogP contribution >= 0.6 is 0 Å². The number of hydrogen-bond acceptors (Lipinski definition) is 3. The first kappa shape index (κ1) is 18.3. The van der Waals surface area contributed by atoms with Crippen LogP contribution < -0.4 is 10.2 Å². The molecule has 1 aromatic rings. The zero-order valence-electron chi connectivity index (χ0n) is 16.2. The van der Waals surface area contributed by atoms with Gasteiger partial charge in [-0.3, -0.25) is 9.59 Å². The number of carbonyl (C=O) groups is 2. The molecule has 1 N–H and O–H groups in total. The van der Waals surface area contributed by atoms with E-state index in [0.29, 0.717) is 17.9 Å². The molecule has 1 saturated heterocycles. The van der Waals surface area contributed by atoms with Crippen LogP contribution in [0.2, 0.25) is 0 Å². The summed E-state index contributed by atoms with van der Waals surface area (Å²) in [5.74, 6) is 0.705. The largest absolute Gasteiger partial charge is 0.368 e. The highest BCUT2D eigenvalue weighted by molar-refractivity contribution is 5.94. The van der Waals surface area contributed by atoms with E-state index in [1.807, 2.05) is 29.2 Å². The molecule has 4 rings (SSSR count). The summed E-state index contributed by atoms with van der Waals surface area (Å²) < 4.78 is 0. The Morgan fingerprint density at radius 3 is 2.04 bits per heavy atom. The fourth-order valence-corrected chi connectivity index (χ4v) is 4.29. The van der Waals surface area contributed by atoms with E-state index in [9.17, 15) is 9.59 Å². The highest BCUT2D eigenvalue weighted by Gasteiger charge is 2.34. The number of benzene rings is 1. The second kappa shape index (κ2) is 8.32. The molecular formula is C22H31N3O2. The third kappa shape index (κ3) is 4.63. The Labute approximate surface area is 162 Å². The fraction of sp³-hybridized carbons (Fsp3) is 0.636. The van der Waals surface area contributed by atoms with Crippen LogP contribution in [0, 0.1) is 5.92 Å². The Balaban J connectivity index is 1.29. The molecule has 2 saturated carbocycles. The van der Waals surface area contributed by atoms with Gasteiger partial charge in [-0.1, -0.05) is 25.7 Å². The van der Waals surface area contributed by atoms with Crippen molar-refractivity contribution in [2.75, 3.05) is 31.1 Å². The number of carbonyl (C=O) groups excluding carboxylic acids is 2. The standard InChI is InChI=1S/C22H31N3O2/c26-21(23-19-5-3-1-2-4-6-19)17-9-11-20(12-10-17)24-13-15-25(16-14-24)22(27)18-7-8-18/h9-12,18-19H,1-8,13-16H2,(H,23,26). The lowest BCUT2D eigenvalue weighted by molar-refractivity contribution is -0.132. The van der Waals surface area contributed by atoms with Gasteiger partial charge in [0.25, 0.3) is 5.91 Å². The molecule has 5 heteroatoms. The average Bonchev–Trinajstić information content (AvgIpc) is 3.56. The van der Waals surface area contributed by atoms with Gasteiger partial charge < -0.3 is 15.1 Å². The molecule has 0 radical (unpaired) electrons. The Bertz CT molecular complexity index is 653. The third-order valence-corrected chi connectivity index (χ3v) is 6.20. The van der Waals surface area contributed by atoms with Gasteiger partial charge in [0, 0.05) is 49.4 Å². The van der Waals surface area contributed by atoms with Crippen molar-refractivity contribution in [3.8, 4) is 0 Å². The lowest BCUT2D eigenvalue weighted by Crippen LogP contribution is -2.49. The quantitative estimate of drug-likeness (QED) is 0.829. The number of nitrogens with one attached hydrogen (secondary N) is 1. The lowest BCUT2D eigenvalue weighted by atomic mass is 10.1. The van der Waals surface area contributed by atoms with E-state index >= 15 is 0 Å². The predicted molar refractivity (Wildman–Crippen MR) is 107 cm³/mol. The van der Waals surface area contributed by atoms with Crippen molar-refractivity contribution in [1.82, 2.24) is 10.2 Å². The minimum absolute atomic E-state index is 0.0494. The fourth-order valence-electron chi connectivity index (χ4n) is 4.29. The Hall–Kier alpha value is -2.04. The van der Waals surface area contributed by atoms with Gasteiger partial charge in [-0.2, -0.15) is 0 Å². The molecule has 146 valence electrons. The number of piperazine rings is 1. The predicted octanol–water partition coefficient (Wildman–Crippen LogP) is 3.20. The van der Waals surface area contributed by atoms with E-state index < -0.39 is 0 Å². The Kier molecular flexibility index (Phi) is 5.65. The van der Waals surface area contributed by atoms with E-state index in [2.05, 4.69) is 10.2 Å². The van der Waals surface area contributed by atoms with E-state index in [1.54, 1.807) is 0 Å². The van der Waals surface area contributed by atoms with Gasteiger partial charge in [0.15, 0.2) is 0 Å². The Morgan fingerprint density at radius 1 is 0.815 bits per heavy atom. The molecule has 0 unspecified atom stereocenters. The summed E-state index contributed by atoms with van der Waals surface area (Å²) in [6.45, 7) is 3.34. The van der Waals surface area contributed by atoms with Crippen molar-refractivity contribution < 1.29 is 9.59 Å². The molecule has 0 bridgehead atoms. The van der Waals surface area contributed by atoms with Gasteiger partial charge in [-0.25, -0.2) is 0 Å². The molecule has 2 amide bonds. The molecule has 5 nitrogen and oxygen atoms in total. The van der Waals surface area contributed by atoms with Crippen molar-refractivity contribution in [3.63, 3.8) is 0 Å². The van der Waals surface area contributed by atoms with Crippen LogP contribution in [0.4, 0.5) is 5.69 Å². The molecule has 0 spiro atoms. The number of nitrogens with zero attached hydrogens (tertiary/aromatic N) is 2. The maximum absolute atomic E-state index is 12.5. The van der Waals surface area contributed by atoms with Crippen molar-refractivity contribution in [3.05, 3.63) is 29.8 Å². The smallest absolute Gasteiger partial charge is 0.251 e. The first-order valence-electron chi connectivity index (χ1n) is 10.7. The maximum atomic E-state index is 12.5. The van der Waals surface area contributed by atoms with Crippen LogP contribution in [-0.4, -0.2) is 48.9 Å². The second-order valence-electron chi connectivity index (χ2n) is 8.30. The lowest BCUT2D eigenvalue weighted by Gasteiger charge is -2.36. The van der Waals surface area contributed by atoms with Crippen molar-refractivity contribution in [1.29, 1.82) is 0 Å². The van der Waals surface area contributed by atoms with Gasteiger partial charge in [-0.05, 0) is 49.9 Å². The first-order valence-corrected chi connectivity index (χ1v) is 10.7. The Morgan fingerprint density at radius 2 is 1.44 bits per heavy atom. The molecule has 27 heavy (non-hydrogen) atoms. The topological polar surface area (TPSA) is 52.7 Å². The number of anilines is 1. The number of amides is 2. The monoisotopic (exact) mass is 369 g/mol. The average molecular weight is 370 g/mol. The molecule has 3 fully saturated rings. The van der Waals surface area contributed by atoms with Crippen LogP contribution in [0.25, 0.3) is 0 Å². The minimum Gasteiger partial charge on any atom is -0.368 e. The molecule has 0 aromatic heterocycles. The summed E-state index contributed by atoms with van der Waals surface area (Å²) in [5, 5.41) is 3.21. The summed E-state index contributed by atoms with van der Waals surface area (Å²) in [6, 6.07) is 8.28. The first-order chi connectivity index (χ1) is 13.2. The van der Waals surface area contributed by atoms with Crippen LogP contribution in [0.1, 0.15) is 61.7 Å². The van der Waals surface area contributed by atoms with Crippen molar-refractivity contribution in [2.45, 2.75) is 57.4 Å². The van der Waals surface area contributed by atoms with Gasteiger partial charge in [0.2, 0.25) is 5.91 Å². The minimum atomic E-state index is 0.0494. The summed E-state index contributed by atoms with van der Waals surface area (Å²) >= 11 is 0. The molecule has 1 aromatic carbocycles. The van der Waals surface area contributed by atoms with Gasteiger partial charge in [-0.15, -0.1) is 0 Å².